The van der Waals surface area contributed by atoms with Gasteiger partial charge in [0.05, 0.1) is 0 Å². The van der Waals surface area contributed by atoms with Gasteiger partial charge in [-0.05, 0) is 19.1 Å². The molecule has 1 atom stereocenters. The molecule has 1 aliphatic heterocycles. The summed E-state index contributed by atoms with van der Waals surface area (Å²) >= 11 is 1.74. The Hall–Kier alpha value is -1.84. The van der Waals surface area contributed by atoms with Gasteiger partial charge in [-0.3, -0.25) is 0 Å². The fraction of sp³-hybridized carbons (Fsp3) is 0.158. The molecule has 1 aliphatic rings. The number of nitrogens with zero attached hydrogens (tertiary/aromatic N) is 2. The van der Waals surface area contributed by atoms with Crippen molar-refractivity contribution in [1.82, 2.24) is 4.98 Å². The second kappa shape index (κ2) is 7.59. The molecule has 0 fully saturated rings. The van der Waals surface area contributed by atoms with Crippen LogP contribution < -0.4 is 4.74 Å². The van der Waals surface area contributed by atoms with Gasteiger partial charge in [-0.1, -0.05) is 18.2 Å². The topological polar surface area (TPSA) is 54.7 Å². The average molecular weight is 530 g/mol. The fourth-order valence-corrected chi connectivity index (χ4v) is 3.54. The molecule has 25 heavy (non-hydrogen) atoms. The second-order valence-corrected chi connectivity index (χ2v) is 6.63. The molecule has 1 N–H and O–H groups in total. The Bertz CT molecular complexity index is 946. The van der Waals surface area contributed by atoms with Crippen molar-refractivity contribution in [3.05, 3.63) is 60.2 Å². The van der Waals surface area contributed by atoms with Crippen molar-refractivity contribution in [2.75, 3.05) is 5.75 Å². The summed E-state index contributed by atoms with van der Waals surface area (Å²) in [5, 5.41) is 11.8. The summed E-state index contributed by atoms with van der Waals surface area (Å²) < 4.78 is 5.83. The van der Waals surface area contributed by atoms with E-state index in [1.165, 1.54) is 0 Å². The Morgan fingerprint density at radius 1 is 1.16 bits per heavy atom. The number of aromatic hydroxyl groups is 1. The molecule has 2 heterocycles. The van der Waals surface area contributed by atoms with Crippen molar-refractivity contribution in [2.45, 2.75) is 13.0 Å². The van der Waals surface area contributed by atoms with E-state index in [2.05, 4.69) is 23.0 Å². The standard InChI is InChI=1S/C19H15N2O2S.Pt/c1-12-11-24-19(20-12)14-5-2-6-15(10-14)23-17-9-8-13-4-3-7-16(22)18(13)21-17;/h2-9,12,22H,11H2,1H3;/q-1;/t12-;/m0./s1. The Morgan fingerprint density at radius 2 is 2.00 bits per heavy atom. The number of hydrogen-bond acceptors (Lipinski definition) is 5. The molecule has 0 radical (unpaired) electrons. The quantitative estimate of drug-likeness (QED) is 0.510. The van der Waals surface area contributed by atoms with Gasteiger partial charge in [0.1, 0.15) is 11.3 Å². The minimum absolute atomic E-state index is 0. The van der Waals surface area contributed by atoms with Crippen LogP contribution in [0.4, 0.5) is 0 Å². The van der Waals surface area contributed by atoms with Gasteiger partial charge in [0.2, 0.25) is 5.88 Å². The van der Waals surface area contributed by atoms with Crippen molar-refractivity contribution in [3.63, 3.8) is 0 Å². The minimum Gasteiger partial charge on any atom is -0.506 e. The van der Waals surface area contributed by atoms with E-state index < -0.39 is 0 Å². The molecule has 0 unspecified atom stereocenters. The van der Waals surface area contributed by atoms with Crippen molar-refractivity contribution >= 4 is 27.7 Å². The van der Waals surface area contributed by atoms with E-state index in [0.29, 0.717) is 23.2 Å². The van der Waals surface area contributed by atoms with E-state index >= 15 is 0 Å². The molecule has 0 bridgehead atoms. The van der Waals surface area contributed by atoms with Crippen molar-refractivity contribution in [3.8, 4) is 17.4 Å². The number of para-hydroxylation sites is 1. The van der Waals surface area contributed by atoms with Crippen LogP contribution >= 0.6 is 11.8 Å². The Labute approximate surface area is 164 Å². The number of rotatable bonds is 3. The van der Waals surface area contributed by atoms with Crippen molar-refractivity contribution in [2.24, 2.45) is 4.99 Å². The van der Waals surface area contributed by atoms with E-state index in [9.17, 15) is 5.11 Å². The normalized spacial score (nSPS) is 16.4. The first-order valence-electron chi connectivity index (χ1n) is 7.69. The summed E-state index contributed by atoms with van der Waals surface area (Å²) in [5.41, 5.74) is 1.46. The molecule has 4 nitrogen and oxygen atoms in total. The van der Waals surface area contributed by atoms with Gasteiger partial charge in [0, 0.05) is 55.1 Å². The smallest absolute Gasteiger partial charge is 0.217 e. The zero-order valence-corrected chi connectivity index (χ0v) is 16.5. The van der Waals surface area contributed by atoms with Crippen LogP contribution in [0.2, 0.25) is 0 Å². The van der Waals surface area contributed by atoms with E-state index in [0.717, 1.165) is 21.7 Å². The van der Waals surface area contributed by atoms with Gasteiger partial charge in [-0.25, -0.2) is 4.98 Å². The molecule has 4 rings (SSSR count). The van der Waals surface area contributed by atoms with Crippen molar-refractivity contribution in [1.29, 1.82) is 0 Å². The number of phenolic OH excluding ortho intramolecular Hbond substituents is 1. The van der Waals surface area contributed by atoms with Gasteiger partial charge in [-0.15, -0.1) is 23.8 Å². The zero-order chi connectivity index (χ0) is 16.5. The number of aliphatic imine (C=N–C) groups is 1. The predicted octanol–water partition coefficient (Wildman–Crippen LogP) is 4.41. The van der Waals surface area contributed by atoms with E-state index in [4.69, 9.17) is 4.74 Å². The molecule has 1 aromatic heterocycles. The molecule has 0 spiro atoms. The molecule has 6 heteroatoms. The molecule has 0 amide bonds. The third kappa shape index (κ3) is 3.88. The number of benzene rings is 2. The van der Waals surface area contributed by atoms with Crippen LogP contribution in [0.1, 0.15) is 12.5 Å². The monoisotopic (exact) mass is 530 g/mol. The number of fused-ring (bicyclic) bond motifs is 1. The maximum absolute atomic E-state index is 9.93. The van der Waals surface area contributed by atoms with Crippen LogP contribution in [0.3, 0.4) is 0 Å². The first-order valence-corrected chi connectivity index (χ1v) is 8.67. The number of pyridine rings is 1. The minimum atomic E-state index is 0. The molecule has 2 aromatic carbocycles. The summed E-state index contributed by atoms with van der Waals surface area (Å²) in [4.78, 5) is 8.99. The fourth-order valence-electron chi connectivity index (χ4n) is 2.54. The van der Waals surface area contributed by atoms with Crippen LogP contribution in [-0.2, 0) is 21.1 Å². The number of hydrogen-bond donors (Lipinski definition) is 1. The van der Waals surface area contributed by atoms with Gasteiger partial charge in [-0.2, -0.15) is 11.8 Å². The summed E-state index contributed by atoms with van der Waals surface area (Å²) in [6.45, 7) is 2.10. The summed E-state index contributed by atoms with van der Waals surface area (Å²) in [7, 11) is 0. The number of phenols is 1. The number of ether oxygens (including phenoxy) is 1. The largest absolute Gasteiger partial charge is 0.506 e. The average Bonchev–Trinajstić information content (AvgIpc) is 3.03. The number of aromatic nitrogens is 1. The van der Waals surface area contributed by atoms with Gasteiger partial charge in [0.25, 0.3) is 0 Å². The van der Waals surface area contributed by atoms with Crippen LogP contribution in [0.5, 0.6) is 17.4 Å². The molecule has 0 saturated heterocycles. The Morgan fingerprint density at radius 3 is 2.80 bits per heavy atom. The summed E-state index contributed by atoms with van der Waals surface area (Å²) in [6.07, 6.45) is 0. The number of thioether (sulfide) groups is 1. The summed E-state index contributed by atoms with van der Waals surface area (Å²) in [5.74, 6) is 2.14. The molecular formula is C19H15N2O2PtS-. The van der Waals surface area contributed by atoms with Crippen LogP contribution in [-0.4, -0.2) is 26.9 Å². The van der Waals surface area contributed by atoms with Gasteiger partial charge >= 0.3 is 0 Å². The Balaban J connectivity index is 0.00000182. The third-order valence-corrected chi connectivity index (χ3v) is 4.93. The second-order valence-electron chi connectivity index (χ2n) is 5.62. The van der Waals surface area contributed by atoms with E-state index in [1.54, 1.807) is 30.0 Å². The predicted molar refractivity (Wildman–Crippen MR) is 97.2 cm³/mol. The maximum Gasteiger partial charge on any atom is 0.217 e. The summed E-state index contributed by atoms with van der Waals surface area (Å²) in [6, 6.07) is 18.3. The molecule has 0 saturated carbocycles. The van der Waals surface area contributed by atoms with Gasteiger partial charge < -0.3 is 14.8 Å². The van der Waals surface area contributed by atoms with Crippen LogP contribution in [0.15, 0.2) is 53.5 Å². The molecule has 130 valence electrons. The van der Waals surface area contributed by atoms with E-state index in [-0.39, 0.29) is 26.8 Å². The molecule has 0 aliphatic carbocycles. The molecule has 3 aromatic rings. The van der Waals surface area contributed by atoms with Crippen molar-refractivity contribution < 1.29 is 30.9 Å². The van der Waals surface area contributed by atoms with Crippen LogP contribution in [0.25, 0.3) is 10.9 Å². The third-order valence-electron chi connectivity index (χ3n) is 3.69. The van der Waals surface area contributed by atoms with Crippen LogP contribution in [0, 0.1) is 6.07 Å². The van der Waals surface area contributed by atoms with Gasteiger partial charge in [0.15, 0.2) is 0 Å². The molecular weight excluding hydrogens is 515 g/mol. The first kappa shape index (κ1) is 18.0. The Kier molecular flexibility index (Phi) is 5.45. The SMILES string of the molecule is C[C@H]1CSC(c2[c-]c(Oc3ccc4cccc(O)c4n3)ccc2)=N1.[Pt]. The maximum atomic E-state index is 9.93. The zero-order valence-electron chi connectivity index (χ0n) is 13.4. The van der Waals surface area contributed by atoms with E-state index in [1.807, 2.05) is 30.3 Å². The first-order chi connectivity index (χ1) is 11.7.